The number of hydrogen-bond donors (Lipinski definition) is 1. The molecular weight excluding hydrogens is 386 g/mol. The molecule has 0 spiro atoms. The van der Waals surface area contributed by atoms with E-state index in [1.165, 1.54) is 22.1 Å². The summed E-state index contributed by atoms with van der Waals surface area (Å²) in [7, 11) is -3.44. The second kappa shape index (κ2) is 9.89. The number of carbonyl (C=O) groups excluding carboxylic acids is 1. The molecule has 1 saturated heterocycles. The number of hydrogen-bond acceptors (Lipinski definition) is 4. The average Bonchev–Trinajstić information content (AvgIpc) is 3.30. The van der Waals surface area contributed by atoms with Crippen LogP contribution in [0, 0.1) is 0 Å². The molecule has 1 N–H and O–H groups in total. The Morgan fingerprint density at radius 2 is 1.69 bits per heavy atom. The first-order valence-electron chi connectivity index (χ1n) is 10.2. The van der Waals surface area contributed by atoms with E-state index in [9.17, 15) is 13.2 Å². The van der Waals surface area contributed by atoms with Crippen molar-refractivity contribution in [2.75, 3.05) is 37.6 Å². The van der Waals surface area contributed by atoms with Crippen LogP contribution in [0.4, 0.5) is 5.69 Å². The third-order valence-electron chi connectivity index (χ3n) is 5.21. The van der Waals surface area contributed by atoms with Crippen molar-refractivity contribution in [3.63, 3.8) is 0 Å². The number of anilines is 1. The van der Waals surface area contributed by atoms with Crippen molar-refractivity contribution in [2.45, 2.75) is 31.1 Å². The number of nitrogens with one attached hydrogen (secondary N) is 1. The zero-order valence-corrected chi connectivity index (χ0v) is 17.7. The van der Waals surface area contributed by atoms with Gasteiger partial charge in [-0.05, 0) is 62.6 Å². The molecule has 1 fully saturated rings. The van der Waals surface area contributed by atoms with Gasteiger partial charge in [0.25, 0.3) is 5.91 Å². The highest BCUT2D eigenvalue weighted by Crippen LogP contribution is 2.21. The van der Waals surface area contributed by atoms with Crippen molar-refractivity contribution in [1.29, 1.82) is 0 Å². The Morgan fingerprint density at radius 3 is 2.31 bits per heavy atom. The number of carbonyl (C=O) groups is 1. The molecule has 3 rings (SSSR count). The summed E-state index contributed by atoms with van der Waals surface area (Å²) in [6.07, 6.45) is 2.63. The van der Waals surface area contributed by atoms with E-state index >= 15 is 0 Å². The van der Waals surface area contributed by atoms with E-state index in [-0.39, 0.29) is 10.8 Å². The number of rotatable bonds is 9. The second-order valence-corrected chi connectivity index (χ2v) is 9.10. The van der Waals surface area contributed by atoms with E-state index in [0.29, 0.717) is 25.2 Å². The van der Waals surface area contributed by atoms with Gasteiger partial charge in [0.05, 0.1) is 4.90 Å². The molecule has 0 saturated carbocycles. The van der Waals surface area contributed by atoms with Crippen LogP contribution in [-0.2, 0) is 10.0 Å². The van der Waals surface area contributed by atoms with Gasteiger partial charge in [0.1, 0.15) is 0 Å². The Hall–Kier alpha value is -2.38. The van der Waals surface area contributed by atoms with Gasteiger partial charge in [0.15, 0.2) is 0 Å². The predicted octanol–water partition coefficient (Wildman–Crippen LogP) is 3.12. The maximum Gasteiger partial charge on any atom is 0.251 e. The van der Waals surface area contributed by atoms with E-state index < -0.39 is 10.0 Å². The minimum absolute atomic E-state index is 0.183. The highest BCUT2D eigenvalue weighted by molar-refractivity contribution is 7.89. The normalized spacial score (nSPS) is 14.7. The number of para-hydroxylation sites is 1. The van der Waals surface area contributed by atoms with Crippen molar-refractivity contribution in [3.8, 4) is 0 Å². The first-order valence-corrected chi connectivity index (χ1v) is 11.6. The van der Waals surface area contributed by atoms with Crippen molar-refractivity contribution in [2.24, 2.45) is 0 Å². The van der Waals surface area contributed by atoms with Crippen LogP contribution in [0.2, 0.25) is 0 Å². The first-order chi connectivity index (χ1) is 14.0. The van der Waals surface area contributed by atoms with Crippen molar-refractivity contribution in [3.05, 3.63) is 60.2 Å². The van der Waals surface area contributed by atoms with E-state index in [1.54, 1.807) is 12.1 Å². The van der Waals surface area contributed by atoms with Gasteiger partial charge in [-0.1, -0.05) is 18.2 Å². The smallest absolute Gasteiger partial charge is 0.251 e. The van der Waals surface area contributed by atoms with E-state index in [4.69, 9.17) is 0 Å². The van der Waals surface area contributed by atoms with Gasteiger partial charge in [-0.3, -0.25) is 4.79 Å². The van der Waals surface area contributed by atoms with Crippen molar-refractivity contribution in [1.82, 2.24) is 9.62 Å². The van der Waals surface area contributed by atoms with E-state index in [2.05, 4.69) is 29.3 Å². The molecule has 1 aliphatic rings. The molecule has 2 aromatic carbocycles. The van der Waals surface area contributed by atoms with Crippen LogP contribution in [0.5, 0.6) is 0 Å². The fourth-order valence-corrected chi connectivity index (χ4v) is 5.06. The van der Waals surface area contributed by atoms with Gasteiger partial charge < -0.3 is 10.2 Å². The molecule has 0 aliphatic carbocycles. The van der Waals surface area contributed by atoms with Gasteiger partial charge in [0, 0.05) is 44.0 Å². The monoisotopic (exact) mass is 415 g/mol. The lowest BCUT2D eigenvalue weighted by Crippen LogP contribution is -2.30. The van der Waals surface area contributed by atoms with Crippen LogP contribution >= 0.6 is 0 Å². The van der Waals surface area contributed by atoms with Crippen LogP contribution in [0.25, 0.3) is 0 Å². The third-order valence-corrected chi connectivity index (χ3v) is 7.13. The molecule has 6 nitrogen and oxygen atoms in total. The largest absolute Gasteiger partial charge is 0.372 e. The lowest BCUT2D eigenvalue weighted by molar-refractivity contribution is 0.0953. The van der Waals surface area contributed by atoms with Gasteiger partial charge >= 0.3 is 0 Å². The molecule has 7 heteroatoms. The molecule has 0 radical (unpaired) electrons. The Bertz CT molecular complexity index is 893. The van der Waals surface area contributed by atoms with Crippen LogP contribution in [0.15, 0.2) is 59.5 Å². The highest BCUT2D eigenvalue weighted by atomic mass is 32.2. The summed E-state index contributed by atoms with van der Waals surface area (Å²) in [5, 5.41) is 2.92. The first kappa shape index (κ1) is 21.3. The summed E-state index contributed by atoms with van der Waals surface area (Å²) in [5.74, 6) is -0.183. The van der Waals surface area contributed by atoms with E-state index in [0.717, 1.165) is 32.4 Å². The fourth-order valence-electron chi connectivity index (χ4n) is 3.54. The second-order valence-electron chi connectivity index (χ2n) is 7.16. The summed E-state index contributed by atoms with van der Waals surface area (Å²) >= 11 is 0. The summed E-state index contributed by atoms with van der Waals surface area (Å²) in [6, 6.07) is 16.4. The molecular formula is C22H29N3O3S. The Kier molecular flexibility index (Phi) is 7.28. The van der Waals surface area contributed by atoms with Crippen LogP contribution < -0.4 is 10.2 Å². The lowest BCUT2D eigenvalue weighted by atomic mass is 10.2. The Labute approximate surface area is 173 Å². The molecule has 156 valence electrons. The number of amides is 1. The number of nitrogens with zero attached hydrogens (tertiary/aromatic N) is 2. The van der Waals surface area contributed by atoms with Crippen LogP contribution in [-0.4, -0.2) is 51.4 Å². The van der Waals surface area contributed by atoms with Gasteiger partial charge in [0.2, 0.25) is 10.0 Å². The zero-order chi connectivity index (χ0) is 20.7. The maximum absolute atomic E-state index is 12.6. The summed E-state index contributed by atoms with van der Waals surface area (Å²) < 4.78 is 26.6. The highest BCUT2D eigenvalue weighted by Gasteiger charge is 2.27. The van der Waals surface area contributed by atoms with Gasteiger partial charge in [-0.25, -0.2) is 8.42 Å². The number of sulfonamides is 1. The summed E-state index contributed by atoms with van der Waals surface area (Å²) in [4.78, 5) is 14.9. The predicted molar refractivity (Wildman–Crippen MR) is 116 cm³/mol. The minimum Gasteiger partial charge on any atom is -0.372 e. The molecule has 0 atom stereocenters. The molecule has 1 amide bonds. The van der Waals surface area contributed by atoms with Crippen molar-refractivity contribution >= 4 is 21.6 Å². The molecule has 0 unspecified atom stereocenters. The molecule has 2 aromatic rings. The Balaban J connectivity index is 1.49. The molecule has 0 aromatic heterocycles. The van der Waals surface area contributed by atoms with Gasteiger partial charge in [-0.15, -0.1) is 0 Å². The van der Waals surface area contributed by atoms with Crippen molar-refractivity contribution < 1.29 is 13.2 Å². The average molecular weight is 416 g/mol. The molecule has 0 bridgehead atoms. The van der Waals surface area contributed by atoms with Gasteiger partial charge in [-0.2, -0.15) is 4.31 Å². The number of benzene rings is 2. The summed E-state index contributed by atoms with van der Waals surface area (Å²) in [6.45, 7) is 5.59. The van der Waals surface area contributed by atoms with Crippen LogP contribution in [0.1, 0.15) is 36.5 Å². The van der Waals surface area contributed by atoms with Crippen LogP contribution in [0.3, 0.4) is 0 Å². The molecule has 1 aliphatic heterocycles. The molecule has 29 heavy (non-hydrogen) atoms. The molecule has 1 heterocycles. The maximum atomic E-state index is 12.6. The fraction of sp³-hybridized carbons (Fsp3) is 0.409. The van der Waals surface area contributed by atoms with E-state index in [1.807, 2.05) is 18.2 Å². The SMILES string of the molecule is CCN(CCCNC(=O)c1ccc(S(=O)(=O)N2CCCC2)cc1)c1ccccc1. The Morgan fingerprint density at radius 1 is 1.03 bits per heavy atom. The minimum atomic E-state index is -3.44. The zero-order valence-electron chi connectivity index (χ0n) is 16.9. The standard InChI is InChI=1S/C22H29N3O3S/c1-2-24(20-9-4-3-5-10-20)16-8-15-23-22(26)19-11-13-21(14-12-19)29(27,28)25-17-6-7-18-25/h3-5,9-14H,2,6-8,15-18H2,1H3,(H,23,26). The quantitative estimate of drug-likeness (QED) is 0.639. The topological polar surface area (TPSA) is 69.7 Å². The lowest BCUT2D eigenvalue weighted by Gasteiger charge is -2.23. The summed E-state index contributed by atoms with van der Waals surface area (Å²) in [5.41, 5.74) is 1.65. The third kappa shape index (κ3) is 5.36.